The normalized spacial score (nSPS) is 16.5. The Morgan fingerprint density at radius 2 is 1.71 bits per heavy atom. The van der Waals surface area contributed by atoms with Crippen molar-refractivity contribution in [1.29, 1.82) is 0 Å². The molecule has 5 rings (SSSR count). The highest BCUT2D eigenvalue weighted by atomic mass is 79.9. The van der Waals surface area contributed by atoms with Crippen LogP contribution in [-0.4, -0.2) is 20.6 Å². The first-order chi connectivity index (χ1) is 14.9. The number of halogens is 5. The Hall–Kier alpha value is -1.97. The van der Waals surface area contributed by atoms with Gasteiger partial charge in [0.1, 0.15) is 12.4 Å². The minimum absolute atomic E-state index is 0.323. The summed E-state index contributed by atoms with van der Waals surface area (Å²) in [5.74, 6) is 0.659. The van der Waals surface area contributed by atoms with Crippen LogP contribution in [-0.2, 0) is 6.61 Å². The molecule has 3 nitrogen and oxygen atoms in total. The lowest BCUT2D eigenvalue weighted by molar-refractivity contribution is -0.358. The van der Waals surface area contributed by atoms with Crippen LogP contribution < -0.4 is 4.74 Å². The van der Waals surface area contributed by atoms with E-state index in [1.54, 1.807) is 24.3 Å². The summed E-state index contributed by atoms with van der Waals surface area (Å²) >= 11 is 10.2. The number of benzene rings is 2. The standard InChI is InChI=1S/C22H14BBr3F2N2O/c24-17-7-6-15(31-13-14-4-2-1-3-5-14)12-16(17)22-18-8-10-20(25)29(18)23(27,28)30-19(22)9-11-21(30)26/h1-12H,13H2. The van der Waals surface area contributed by atoms with Gasteiger partial charge in [-0.1, -0.05) is 46.3 Å². The first kappa shape index (κ1) is 20.9. The highest BCUT2D eigenvalue weighted by molar-refractivity contribution is 9.18. The van der Waals surface area contributed by atoms with Crippen molar-refractivity contribution >= 4 is 65.0 Å². The summed E-state index contributed by atoms with van der Waals surface area (Å²) in [6.07, 6.45) is 3.36. The summed E-state index contributed by atoms with van der Waals surface area (Å²) in [5, 5.41) is 0. The lowest BCUT2D eigenvalue weighted by Crippen LogP contribution is -2.50. The maximum absolute atomic E-state index is 15.4. The molecule has 0 atom stereocenters. The number of hydrogen-bond donors (Lipinski definition) is 0. The van der Waals surface area contributed by atoms with Crippen LogP contribution >= 0.6 is 47.8 Å². The molecule has 0 fully saturated rings. The van der Waals surface area contributed by atoms with E-state index in [0.29, 0.717) is 38.5 Å². The van der Waals surface area contributed by atoms with Crippen LogP contribution in [0.3, 0.4) is 0 Å². The number of allylic oxidation sites excluding steroid dienone is 2. The van der Waals surface area contributed by atoms with E-state index in [1.165, 1.54) is 0 Å². The number of aromatic nitrogens is 1. The maximum atomic E-state index is 15.4. The molecule has 1 aromatic heterocycles. The minimum Gasteiger partial charge on any atom is -0.489 e. The average Bonchev–Trinajstić information content (AvgIpc) is 3.33. The third-order valence-electron chi connectivity index (χ3n) is 5.33. The topological polar surface area (TPSA) is 17.2 Å². The number of fused-ring (bicyclic) bond motifs is 2. The molecule has 2 aliphatic heterocycles. The summed E-state index contributed by atoms with van der Waals surface area (Å²) in [5.41, 5.74) is 3.40. The van der Waals surface area contributed by atoms with E-state index >= 15 is 8.63 Å². The summed E-state index contributed by atoms with van der Waals surface area (Å²) < 4.78 is 40.4. The Labute approximate surface area is 203 Å². The summed E-state index contributed by atoms with van der Waals surface area (Å²) in [4.78, 5) is 0. The molecule has 0 radical (unpaired) electrons. The molecule has 3 aromatic rings. The van der Waals surface area contributed by atoms with Gasteiger partial charge in [-0.15, -0.1) is 0 Å². The van der Waals surface area contributed by atoms with Crippen molar-refractivity contribution in [2.45, 2.75) is 6.61 Å². The quantitative estimate of drug-likeness (QED) is 0.292. The molecule has 31 heavy (non-hydrogen) atoms. The van der Waals surface area contributed by atoms with Crippen molar-refractivity contribution in [2.24, 2.45) is 0 Å². The van der Waals surface area contributed by atoms with Gasteiger partial charge in [0, 0.05) is 43.8 Å². The van der Waals surface area contributed by atoms with Crippen molar-refractivity contribution in [3.05, 3.63) is 104 Å². The zero-order valence-corrected chi connectivity index (χ0v) is 20.7. The van der Waals surface area contributed by atoms with Crippen LogP contribution in [0.4, 0.5) is 8.63 Å². The first-order valence-electron chi connectivity index (χ1n) is 9.48. The Morgan fingerprint density at radius 3 is 2.48 bits per heavy atom. The fourth-order valence-corrected chi connectivity index (χ4v) is 5.52. The van der Waals surface area contributed by atoms with E-state index in [4.69, 9.17) is 4.74 Å². The molecule has 0 amide bonds. The van der Waals surface area contributed by atoms with Crippen molar-refractivity contribution < 1.29 is 17.9 Å². The Morgan fingerprint density at radius 1 is 0.935 bits per heavy atom. The van der Waals surface area contributed by atoms with Gasteiger partial charge in [0.15, 0.2) is 5.70 Å². The molecule has 0 bridgehead atoms. The summed E-state index contributed by atoms with van der Waals surface area (Å²) in [7, 11) is 0. The van der Waals surface area contributed by atoms with Crippen LogP contribution in [0.2, 0.25) is 0 Å². The molecule has 9 heteroatoms. The lowest BCUT2D eigenvalue weighted by Gasteiger charge is -2.32. The predicted molar refractivity (Wildman–Crippen MR) is 130 cm³/mol. The molecule has 156 valence electrons. The second-order valence-corrected chi connectivity index (χ2v) is 9.68. The van der Waals surface area contributed by atoms with E-state index < -0.39 is 6.97 Å². The second kappa shape index (κ2) is 7.87. The van der Waals surface area contributed by atoms with Crippen LogP contribution in [0, 0.1) is 0 Å². The Balaban J connectivity index is 1.64. The maximum Gasteiger partial charge on any atom is 0.738 e. The fraction of sp³-hybridized carbons (Fsp3) is 0.0455. The third kappa shape index (κ3) is 3.47. The number of ether oxygens (including phenoxy) is 1. The van der Waals surface area contributed by atoms with Gasteiger partial charge >= 0.3 is 6.97 Å². The molecular weight excluding hydrogens is 597 g/mol. The van der Waals surface area contributed by atoms with Crippen molar-refractivity contribution in [3.63, 3.8) is 0 Å². The SMILES string of the molecule is F[B-]1(F)n2c(Br)ccc2C(c2cc(OCc3ccccc3)ccc2Br)=C2C=CC(Br)=[N+]21. The van der Waals surface area contributed by atoms with Crippen molar-refractivity contribution in [3.8, 4) is 5.75 Å². The smallest absolute Gasteiger partial charge is 0.489 e. The molecule has 0 saturated carbocycles. The van der Waals surface area contributed by atoms with Gasteiger partial charge in [0.25, 0.3) is 0 Å². The van der Waals surface area contributed by atoms with Gasteiger partial charge in [-0.05, 0) is 51.8 Å². The monoisotopic (exact) mass is 608 g/mol. The molecule has 0 saturated heterocycles. The molecule has 2 aromatic carbocycles. The van der Waals surface area contributed by atoms with Gasteiger partial charge < -0.3 is 22.3 Å². The van der Waals surface area contributed by atoms with Gasteiger partial charge in [-0.2, -0.15) is 0 Å². The molecule has 0 spiro atoms. The van der Waals surface area contributed by atoms with Crippen LogP contribution in [0.15, 0.2) is 87.6 Å². The van der Waals surface area contributed by atoms with E-state index in [9.17, 15) is 0 Å². The van der Waals surface area contributed by atoms with Crippen molar-refractivity contribution in [2.75, 3.05) is 0 Å². The minimum atomic E-state index is -4.05. The fourth-order valence-electron chi connectivity index (χ4n) is 3.94. The number of rotatable bonds is 4. The molecule has 0 N–H and O–H groups in total. The van der Waals surface area contributed by atoms with Crippen LogP contribution in [0.25, 0.3) is 5.57 Å². The molecule has 3 heterocycles. The van der Waals surface area contributed by atoms with Gasteiger partial charge in [0.05, 0.1) is 10.2 Å². The number of hydrogen-bond acceptors (Lipinski definition) is 1. The van der Waals surface area contributed by atoms with Gasteiger partial charge in [0.2, 0.25) is 4.62 Å². The second-order valence-electron chi connectivity index (χ2n) is 7.20. The molecule has 0 unspecified atom stereocenters. The Bertz CT molecular complexity index is 1300. The van der Waals surface area contributed by atoms with E-state index in [2.05, 4.69) is 47.8 Å². The molecule has 0 aliphatic carbocycles. The summed E-state index contributed by atoms with van der Waals surface area (Å²) in [6.45, 7) is -3.63. The number of nitrogens with zero attached hydrogens (tertiary/aromatic N) is 2. The van der Waals surface area contributed by atoms with E-state index in [0.717, 1.165) is 24.6 Å². The van der Waals surface area contributed by atoms with Gasteiger partial charge in [-0.3, -0.25) is 0 Å². The van der Waals surface area contributed by atoms with Crippen LogP contribution in [0.1, 0.15) is 16.8 Å². The highest BCUT2D eigenvalue weighted by Crippen LogP contribution is 2.44. The van der Waals surface area contributed by atoms with Crippen molar-refractivity contribution in [1.82, 2.24) is 4.48 Å². The molecule has 2 aliphatic rings. The average molecular weight is 611 g/mol. The summed E-state index contributed by atoms with van der Waals surface area (Å²) in [6, 6.07) is 18.9. The first-order valence-corrected chi connectivity index (χ1v) is 11.9. The van der Waals surface area contributed by atoms with E-state index in [1.807, 2.05) is 48.5 Å². The lowest BCUT2D eigenvalue weighted by atomic mass is 9.86. The third-order valence-corrected chi connectivity index (χ3v) is 7.31. The highest BCUT2D eigenvalue weighted by Gasteiger charge is 2.54. The van der Waals surface area contributed by atoms with Gasteiger partial charge in [-0.25, -0.2) is 0 Å². The van der Waals surface area contributed by atoms with Crippen LogP contribution in [0.5, 0.6) is 5.75 Å². The zero-order valence-electron chi connectivity index (χ0n) is 15.9. The Kier molecular flexibility index (Phi) is 5.31. The zero-order chi connectivity index (χ0) is 21.8. The predicted octanol–water partition coefficient (Wildman–Crippen LogP) is 6.96. The molecular formula is C22H14BBr3F2N2O. The van der Waals surface area contributed by atoms with E-state index in [-0.39, 0.29) is 0 Å². The largest absolute Gasteiger partial charge is 0.738 e.